The molecule has 0 amide bonds. The Hall–Kier alpha value is -4.77. The summed E-state index contributed by atoms with van der Waals surface area (Å²) in [6, 6.07) is 1.88. The van der Waals surface area contributed by atoms with E-state index in [1.165, 1.54) is 12.8 Å². The molecule has 30 heteroatoms. The third kappa shape index (κ3) is 31.3. The smallest absolute Gasteiger partial charge is 0.349 e. The summed E-state index contributed by atoms with van der Waals surface area (Å²) in [7, 11) is 11.8. The Morgan fingerprint density at radius 1 is 0.543 bits per heavy atom. The van der Waals surface area contributed by atoms with Crippen LogP contribution in [0.4, 0.5) is 0 Å². The topological polar surface area (TPSA) is 211 Å². The fourth-order valence-electron chi connectivity index (χ4n) is 10.3. The Kier molecular flexibility index (Phi) is 38.5. The number of unbranched alkanes of at least 4 members (excludes halogenated alkanes) is 3. The van der Waals surface area contributed by atoms with Crippen molar-refractivity contribution in [2.24, 2.45) is 25.9 Å². The van der Waals surface area contributed by atoms with Gasteiger partial charge in [0.25, 0.3) is 0 Å². The minimum atomic E-state index is -0.232. The molecule has 1 aromatic rings. The van der Waals surface area contributed by atoms with Gasteiger partial charge in [-0.05, 0) is 104 Å². The molecule has 0 aliphatic carbocycles. The lowest BCUT2D eigenvalue weighted by molar-refractivity contribution is -0.0754. The van der Waals surface area contributed by atoms with Crippen LogP contribution in [0.2, 0.25) is 0 Å². The summed E-state index contributed by atoms with van der Waals surface area (Å²) in [5, 5.41) is 3.19. The molecule has 9 aliphatic rings. The summed E-state index contributed by atoms with van der Waals surface area (Å²) in [4.78, 5) is 47.7. The lowest BCUT2D eigenvalue weighted by Gasteiger charge is -2.32. The minimum Gasteiger partial charge on any atom is -0.378 e. The molecule has 10 heterocycles. The Morgan fingerprint density at radius 3 is 1.29 bits per heavy atom. The van der Waals surface area contributed by atoms with E-state index >= 15 is 0 Å². The zero-order chi connectivity index (χ0) is 76.8. The molecule has 1 N–H and O–H groups in total. The molecule has 0 aromatic carbocycles. The highest BCUT2D eigenvalue weighted by Gasteiger charge is 2.37. The minimum absolute atomic E-state index is 0.00835. The number of hydrogen-bond acceptors (Lipinski definition) is 28. The van der Waals surface area contributed by atoms with E-state index in [-0.39, 0.29) is 75.2 Å². The van der Waals surface area contributed by atoms with Crippen LogP contribution in [-0.2, 0) is 53.8 Å². The zero-order valence-corrected chi connectivity index (χ0v) is 70.0. The molecule has 5 fully saturated rings. The number of thioether (sulfide) groups is 5. The molecular formula is C75H124N14O11S5. The van der Waals surface area contributed by atoms with Crippen LogP contribution in [0, 0.1) is 5.92 Å². The number of aryl methyl sites for hydroxylation is 1. The third-order valence-corrected chi connectivity index (χ3v) is 21.5. The predicted octanol–water partition coefficient (Wildman–Crippen LogP) is 12.4. The van der Waals surface area contributed by atoms with Gasteiger partial charge >= 0.3 is 5.69 Å². The van der Waals surface area contributed by atoms with Crippen molar-refractivity contribution in [3.05, 3.63) is 127 Å². The first-order valence-electron chi connectivity index (χ1n) is 36.6. The number of likely N-dealkylation sites (N-methyl/N-ethyl adjacent to an activating group) is 3. The van der Waals surface area contributed by atoms with Crippen molar-refractivity contribution in [1.29, 1.82) is 0 Å². The van der Waals surface area contributed by atoms with Crippen molar-refractivity contribution in [1.82, 2.24) is 49.2 Å². The standard InChI is InChI=1S/4C15H25N3O2S.C15H24N2O3S/c1-11-16-12(17(5)6)7-8-18(11)13-10-21-14(20-13)9-19-15(2,3)4;1-11(2)8-19-9-15-20-14(10-21-15)18-7-6-13(17(4)5)16-12(18)3;1-6-16-12-7-8-18(11(2)17-12)13-10-21-14(20-13)9-19-15(3,4)5;1-5-6-9-19-10-15-20-14(11-21-15)18-8-7-13(17(3)4)16-12(18)2;1-3-5-6-9-19-10-14-20-13(11-21-14)17-8-7-12(4-2)16-15(17)18/h7-8,13-14H,1,9-10H2,2-6H3;6-7,11,14-15H,3,8-10H2,1-2,4-5H3;7-8,13-14H,2,6,9-10H2,1,3-5H3,(H,16,17);7-8,14-15H,2,5-6,9-11H2,1,3-4H3;7-8,13-14H,3-6,9-11H2,1-2H3/t13-,14+;14-,15+;13-,14+;14-,15+;13-,14+/m11111/s1. The van der Waals surface area contributed by atoms with E-state index in [1.54, 1.807) is 69.6 Å². The molecule has 0 spiro atoms. The largest absolute Gasteiger partial charge is 0.378 e. The quantitative estimate of drug-likeness (QED) is 0.0854. The maximum atomic E-state index is 12.0. The highest BCUT2D eigenvalue weighted by Crippen LogP contribution is 2.36. The maximum absolute atomic E-state index is 12.0. The summed E-state index contributed by atoms with van der Waals surface area (Å²) in [6.45, 7) is 47.3. The molecule has 105 heavy (non-hydrogen) atoms. The van der Waals surface area contributed by atoms with Gasteiger partial charge in [0, 0.05) is 134 Å². The lowest BCUT2D eigenvalue weighted by atomic mass is 10.2. The molecule has 1 aromatic heterocycles. The molecule has 25 nitrogen and oxygen atoms in total. The Morgan fingerprint density at radius 2 is 0.924 bits per heavy atom. The highest BCUT2D eigenvalue weighted by atomic mass is 32.2. The number of amidine groups is 4. The number of rotatable bonds is 26. The molecule has 590 valence electrons. The molecule has 0 radical (unpaired) electrons. The number of nitrogens with zero attached hydrogens (tertiary/aromatic N) is 13. The fourth-order valence-corrected chi connectivity index (χ4v) is 15.3. The number of aliphatic imine (C=N–C) groups is 4. The van der Waals surface area contributed by atoms with Crippen LogP contribution in [0.25, 0.3) is 0 Å². The zero-order valence-electron chi connectivity index (χ0n) is 65.9. The molecule has 9 aliphatic heterocycles. The van der Waals surface area contributed by atoms with Gasteiger partial charge in [-0.2, -0.15) is 4.98 Å². The summed E-state index contributed by atoms with van der Waals surface area (Å²) in [5.41, 5.74) is 0.652. The normalized spacial score (nSPS) is 25.5. The van der Waals surface area contributed by atoms with E-state index < -0.39 is 0 Å². The van der Waals surface area contributed by atoms with Gasteiger partial charge in [0.15, 0.2) is 0 Å². The second-order valence-corrected chi connectivity index (χ2v) is 34.3. The number of ether oxygens (including phenoxy) is 10. The number of aromatic nitrogens is 2. The van der Waals surface area contributed by atoms with Gasteiger partial charge in [0.2, 0.25) is 0 Å². The SMILES string of the molecule is C=C1N=C(N(C)C)C=CN1[C@H]1CS[C@@H](COC(C)(C)C)O1.C=C1N=C(N(C)C)C=CN1[C@H]1CS[C@@H](COCC(C)C)O1.C=C1N=C(N(C)C)C=CN1[C@H]1CS[C@@H](COCCCC)O1.C=C1NC(=NCC)C=CN1[C@H]1CS[C@@H](COC(C)(C)C)O1.CCCCCOC[C@H]1O[C@@H](n2ccc(CC)nc2=O)CS1. The summed E-state index contributed by atoms with van der Waals surface area (Å²) >= 11 is 8.81. The first-order chi connectivity index (χ1) is 50.0. The van der Waals surface area contributed by atoms with Gasteiger partial charge in [-0.15, -0.1) is 58.8 Å². The van der Waals surface area contributed by atoms with Gasteiger partial charge in [0.1, 0.15) is 105 Å². The van der Waals surface area contributed by atoms with Crippen molar-refractivity contribution >= 4 is 82.2 Å². The van der Waals surface area contributed by atoms with Crippen LogP contribution in [0.1, 0.15) is 127 Å². The molecule has 0 saturated carbocycles. The molecule has 5 saturated heterocycles. The van der Waals surface area contributed by atoms with Crippen molar-refractivity contribution < 1.29 is 47.4 Å². The second kappa shape index (κ2) is 45.4. The highest BCUT2D eigenvalue weighted by molar-refractivity contribution is 8.00. The van der Waals surface area contributed by atoms with Crippen molar-refractivity contribution in [2.75, 3.05) is 130 Å². The van der Waals surface area contributed by atoms with E-state index in [9.17, 15) is 4.79 Å². The van der Waals surface area contributed by atoms with Crippen LogP contribution in [-0.4, -0.2) is 261 Å². The fraction of sp³-hybridized carbons (Fsp3) is 0.680. The lowest BCUT2D eigenvalue weighted by Crippen LogP contribution is -2.42. The maximum Gasteiger partial charge on any atom is 0.349 e. The predicted molar refractivity (Wildman–Crippen MR) is 437 cm³/mol. The van der Waals surface area contributed by atoms with E-state index in [1.807, 2.05) is 146 Å². The van der Waals surface area contributed by atoms with E-state index in [0.717, 1.165) is 127 Å². The Labute approximate surface area is 649 Å². The van der Waals surface area contributed by atoms with Gasteiger partial charge in [-0.3, -0.25) is 9.56 Å². The van der Waals surface area contributed by atoms with Crippen LogP contribution in [0.3, 0.4) is 0 Å². The molecule has 0 unspecified atom stereocenters. The second-order valence-electron chi connectivity index (χ2n) is 28.4. The Balaban J connectivity index is 0.000000206. The van der Waals surface area contributed by atoms with Crippen LogP contribution < -0.4 is 11.0 Å². The summed E-state index contributed by atoms with van der Waals surface area (Å²) < 4.78 is 60.0. The molecule has 0 bridgehead atoms. The molecule has 10 rings (SSSR count). The molecular weight excluding hydrogens is 1430 g/mol. The van der Waals surface area contributed by atoms with E-state index in [0.29, 0.717) is 44.8 Å². The van der Waals surface area contributed by atoms with Gasteiger partial charge in [0.05, 0.1) is 44.2 Å². The monoisotopic (exact) mass is 1560 g/mol. The number of nitrogens with one attached hydrogen (secondary N) is 1. The number of hydrogen-bond donors (Lipinski definition) is 1. The van der Waals surface area contributed by atoms with Crippen LogP contribution in [0.15, 0.2) is 136 Å². The van der Waals surface area contributed by atoms with Gasteiger partial charge < -0.3 is 87.0 Å². The first-order valence-corrected chi connectivity index (χ1v) is 41.9. The van der Waals surface area contributed by atoms with Crippen molar-refractivity contribution in [3.8, 4) is 0 Å². The van der Waals surface area contributed by atoms with Crippen molar-refractivity contribution in [2.45, 2.75) is 191 Å². The summed E-state index contributed by atoms with van der Waals surface area (Å²) in [5.74, 6) is 11.4. The van der Waals surface area contributed by atoms with Crippen LogP contribution in [0.5, 0.6) is 0 Å². The van der Waals surface area contributed by atoms with Crippen LogP contribution >= 0.6 is 58.8 Å². The van der Waals surface area contributed by atoms with E-state index in [2.05, 4.69) is 126 Å². The third-order valence-electron chi connectivity index (χ3n) is 16.0. The van der Waals surface area contributed by atoms with E-state index in [4.69, 9.17) is 47.4 Å². The van der Waals surface area contributed by atoms with Gasteiger partial charge in [-0.1, -0.05) is 80.2 Å². The van der Waals surface area contributed by atoms with Gasteiger partial charge in [-0.25, -0.2) is 19.8 Å². The molecule has 10 atom stereocenters. The average molecular weight is 1560 g/mol. The average Bonchev–Trinajstić information content (AvgIpc) is 1.35. The van der Waals surface area contributed by atoms with Crippen molar-refractivity contribution in [3.63, 3.8) is 0 Å². The Bertz CT molecular complexity index is 3210. The first kappa shape index (κ1) is 89.1. The summed E-state index contributed by atoms with van der Waals surface area (Å²) in [6.07, 6.45) is 23.9.